The summed E-state index contributed by atoms with van der Waals surface area (Å²) >= 11 is 5.32. The van der Waals surface area contributed by atoms with Gasteiger partial charge < -0.3 is 14.4 Å². The number of morpholine rings is 1. The molecule has 2 aromatic carbocycles. The molecule has 8 nitrogen and oxygen atoms in total. The number of rotatable bonds is 5. The van der Waals surface area contributed by atoms with E-state index in [4.69, 9.17) is 17.0 Å². The van der Waals surface area contributed by atoms with E-state index in [0.717, 1.165) is 24.2 Å². The van der Waals surface area contributed by atoms with Gasteiger partial charge in [-0.2, -0.15) is 5.10 Å². The molecule has 2 heterocycles. The first-order valence-electron chi connectivity index (χ1n) is 9.91. The minimum absolute atomic E-state index is 0.302. The van der Waals surface area contributed by atoms with Gasteiger partial charge in [0.1, 0.15) is 12.1 Å². The molecule has 1 aliphatic rings. The Hall–Kier alpha value is -3.51. The lowest BCUT2D eigenvalue weighted by molar-refractivity contribution is -0.274. The molecular formula is C21H19F3N6O2S. The summed E-state index contributed by atoms with van der Waals surface area (Å²) in [7, 11) is 0. The van der Waals surface area contributed by atoms with Crippen molar-refractivity contribution < 1.29 is 22.6 Å². The number of hydrazone groups is 1. The van der Waals surface area contributed by atoms with Crippen LogP contribution in [0.15, 0.2) is 60.0 Å². The molecule has 3 aromatic rings. The minimum Gasteiger partial charge on any atom is -0.406 e. The van der Waals surface area contributed by atoms with Gasteiger partial charge in [0.15, 0.2) is 10.9 Å². The molecule has 0 saturated carbocycles. The maximum Gasteiger partial charge on any atom is 0.573 e. The van der Waals surface area contributed by atoms with Crippen molar-refractivity contribution in [2.45, 2.75) is 6.36 Å². The highest BCUT2D eigenvalue weighted by atomic mass is 32.1. The second-order valence-corrected chi connectivity index (χ2v) is 7.34. The standard InChI is InChI=1S/C21H19F3N6O2S/c22-21(23,24)32-18-7-5-17(6-8-18)30-14-25-19(28-30)16-3-1-15(2-4-16)13-26-27-20(33)29-9-11-31-12-10-29/h1-8,13-14H,9-12H2,(H,27,33). The third kappa shape index (κ3) is 6.26. The van der Waals surface area contributed by atoms with Crippen molar-refractivity contribution in [3.05, 3.63) is 60.4 Å². The van der Waals surface area contributed by atoms with Crippen LogP contribution in [0.3, 0.4) is 0 Å². The second kappa shape index (κ2) is 9.96. The number of hydrogen-bond acceptors (Lipinski definition) is 6. The number of alkyl halides is 3. The average Bonchev–Trinajstić information content (AvgIpc) is 3.30. The average molecular weight is 476 g/mol. The highest BCUT2D eigenvalue weighted by Crippen LogP contribution is 2.24. The predicted octanol–water partition coefficient (Wildman–Crippen LogP) is 3.37. The van der Waals surface area contributed by atoms with Gasteiger partial charge in [-0.05, 0) is 42.0 Å². The van der Waals surface area contributed by atoms with Crippen molar-refractivity contribution in [1.82, 2.24) is 25.1 Å². The van der Waals surface area contributed by atoms with Crippen molar-refractivity contribution in [1.29, 1.82) is 0 Å². The zero-order valence-electron chi connectivity index (χ0n) is 17.2. The highest BCUT2D eigenvalue weighted by molar-refractivity contribution is 7.80. The molecule has 172 valence electrons. The molecule has 33 heavy (non-hydrogen) atoms. The molecule has 0 spiro atoms. The van der Waals surface area contributed by atoms with Gasteiger partial charge in [-0.1, -0.05) is 24.3 Å². The van der Waals surface area contributed by atoms with Gasteiger partial charge in [0.25, 0.3) is 0 Å². The van der Waals surface area contributed by atoms with Gasteiger partial charge in [0.2, 0.25) is 0 Å². The van der Waals surface area contributed by atoms with Crippen LogP contribution in [0, 0.1) is 0 Å². The maximum absolute atomic E-state index is 12.3. The Morgan fingerprint density at radius 2 is 1.79 bits per heavy atom. The van der Waals surface area contributed by atoms with Gasteiger partial charge in [-0.15, -0.1) is 18.3 Å². The van der Waals surface area contributed by atoms with Gasteiger partial charge >= 0.3 is 6.36 Å². The van der Waals surface area contributed by atoms with E-state index < -0.39 is 6.36 Å². The van der Waals surface area contributed by atoms with E-state index in [2.05, 4.69) is 25.3 Å². The van der Waals surface area contributed by atoms with Gasteiger partial charge in [-0.3, -0.25) is 5.43 Å². The largest absolute Gasteiger partial charge is 0.573 e. The molecule has 1 N–H and O–H groups in total. The van der Waals surface area contributed by atoms with Crippen LogP contribution in [0.25, 0.3) is 17.1 Å². The summed E-state index contributed by atoms with van der Waals surface area (Å²) in [6.45, 7) is 2.77. The molecule has 1 aromatic heterocycles. The fraction of sp³-hybridized carbons (Fsp3) is 0.238. The summed E-state index contributed by atoms with van der Waals surface area (Å²) in [5.74, 6) is 0.171. The molecule has 4 rings (SSSR count). The number of ether oxygens (including phenoxy) is 2. The Kier molecular flexibility index (Phi) is 6.84. The number of nitrogens with one attached hydrogen (secondary N) is 1. The van der Waals surface area contributed by atoms with Gasteiger partial charge in [-0.25, -0.2) is 9.67 Å². The summed E-state index contributed by atoms with van der Waals surface area (Å²) < 4.78 is 47.5. The van der Waals surface area contributed by atoms with E-state index >= 15 is 0 Å². The zero-order chi connectivity index (χ0) is 23.3. The van der Waals surface area contributed by atoms with E-state index in [1.54, 1.807) is 6.21 Å². The summed E-state index contributed by atoms with van der Waals surface area (Å²) in [6.07, 6.45) is -1.59. The lowest BCUT2D eigenvalue weighted by atomic mass is 10.1. The number of hydrogen-bond donors (Lipinski definition) is 1. The lowest BCUT2D eigenvalue weighted by Crippen LogP contribution is -2.44. The zero-order valence-corrected chi connectivity index (χ0v) is 18.0. The monoisotopic (exact) mass is 476 g/mol. The Balaban J connectivity index is 1.36. The maximum atomic E-state index is 12.3. The third-order valence-corrected chi connectivity index (χ3v) is 5.02. The third-order valence-electron chi connectivity index (χ3n) is 4.67. The summed E-state index contributed by atoms with van der Waals surface area (Å²) in [4.78, 5) is 6.27. The van der Waals surface area contributed by atoms with Crippen LogP contribution in [0.5, 0.6) is 5.75 Å². The SMILES string of the molecule is FC(F)(F)Oc1ccc(-n2cnc(-c3ccc(C=NNC(=S)N4CCOCC4)cc3)n2)cc1. The molecule has 1 fully saturated rings. The first-order valence-corrected chi connectivity index (χ1v) is 10.3. The van der Waals surface area contributed by atoms with E-state index in [1.165, 1.54) is 35.3 Å². The van der Waals surface area contributed by atoms with Gasteiger partial charge in [0.05, 0.1) is 25.1 Å². The number of aromatic nitrogens is 3. The van der Waals surface area contributed by atoms with E-state index in [9.17, 15) is 13.2 Å². The quantitative estimate of drug-likeness (QED) is 0.344. The van der Waals surface area contributed by atoms with Crippen LogP contribution in [0.1, 0.15) is 5.56 Å². The Labute approximate surface area is 192 Å². The Morgan fingerprint density at radius 3 is 2.45 bits per heavy atom. The fourth-order valence-electron chi connectivity index (χ4n) is 3.04. The van der Waals surface area contributed by atoms with Crippen molar-refractivity contribution >= 4 is 23.5 Å². The lowest BCUT2D eigenvalue weighted by Gasteiger charge is -2.28. The minimum atomic E-state index is -4.73. The summed E-state index contributed by atoms with van der Waals surface area (Å²) in [6, 6.07) is 12.8. The number of thiocarbonyl (C=S) groups is 1. The molecule has 1 aliphatic heterocycles. The number of halogens is 3. The Bertz CT molecular complexity index is 1110. The second-order valence-electron chi connectivity index (χ2n) is 6.95. The highest BCUT2D eigenvalue weighted by Gasteiger charge is 2.31. The molecule has 0 unspecified atom stereocenters. The topological polar surface area (TPSA) is 76.8 Å². The first kappa shape index (κ1) is 22.7. The molecule has 0 aliphatic carbocycles. The van der Waals surface area contributed by atoms with Crippen molar-refractivity contribution in [2.75, 3.05) is 26.3 Å². The van der Waals surface area contributed by atoms with Crippen LogP contribution < -0.4 is 10.2 Å². The van der Waals surface area contributed by atoms with Crippen LogP contribution in [-0.2, 0) is 4.74 Å². The Morgan fingerprint density at radius 1 is 1.09 bits per heavy atom. The molecular weight excluding hydrogens is 457 g/mol. The van der Waals surface area contributed by atoms with Crippen molar-refractivity contribution in [3.8, 4) is 22.8 Å². The smallest absolute Gasteiger partial charge is 0.406 e. The molecule has 1 saturated heterocycles. The number of nitrogens with zero attached hydrogens (tertiary/aromatic N) is 5. The molecule has 0 amide bonds. The van der Waals surface area contributed by atoms with Crippen LogP contribution in [-0.4, -0.2) is 63.7 Å². The van der Waals surface area contributed by atoms with Crippen molar-refractivity contribution in [2.24, 2.45) is 5.10 Å². The van der Waals surface area contributed by atoms with Crippen molar-refractivity contribution in [3.63, 3.8) is 0 Å². The molecule has 0 radical (unpaired) electrons. The summed E-state index contributed by atoms with van der Waals surface area (Å²) in [5.41, 5.74) is 5.04. The van der Waals surface area contributed by atoms with E-state index in [1.807, 2.05) is 29.2 Å². The normalized spacial score (nSPS) is 14.5. The van der Waals surface area contributed by atoms with E-state index in [-0.39, 0.29) is 5.75 Å². The summed E-state index contributed by atoms with van der Waals surface area (Å²) in [5, 5.41) is 9.12. The first-order chi connectivity index (χ1) is 15.9. The fourth-order valence-corrected chi connectivity index (χ4v) is 3.27. The van der Waals surface area contributed by atoms with Crippen LogP contribution >= 0.6 is 12.2 Å². The van der Waals surface area contributed by atoms with E-state index in [0.29, 0.717) is 29.8 Å². The molecule has 0 bridgehead atoms. The molecule has 12 heteroatoms. The predicted molar refractivity (Wildman–Crippen MR) is 119 cm³/mol. The molecule has 0 atom stereocenters. The van der Waals surface area contributed by atoms with Gasteiger partial charge in [0, 0.05) is 18.7 Å². The van der Waals surface area contributed by atoms with Crippen LogP contribution in [0.4, 0.5) is 13.2 Å². The number of benzene rings is 2. The van der Waals surface area contributed by atoms with Crippen LogP contribution in [0.2, 0.25) is 0 Å².